The second-order valence-electron chi connectivity index (χ2n) is 3.54. The summed E-state index contributed by atoms with van der Waals surface area (Å²) in [7, 11) is 0. The summed E-state index contributed by atoms with van der Waals surface area (Å²) in [6.07, 6.45) is 3.35. The molecule has 0 aliphatic heterocycles. The van der Waals surface area contributed by atoms with E-state index in [1.807, 2.05) is 23.1 Å². The first-order valence-corrected chi connectivity index (χ1v) is 6.95. The van der Waals surface area contributed by atoms with Crippen LogP contribution in [0.3, 0.4) is 0 Å². The van der Waals surface area contributed by atoms with E-state index in [1.54, 1.807) is 0 Å². The van der Waals surface area contributed by atoms with Crippen molar-refractivity contribution in [1.29, 1.82) is 0 Å². The van der Waals surface area contributed by atoms with Gasteiger partial charge < -0.3 is 0 Å². The van der Waals surface area contributed by atoms with Crippen molar-refractivity contribution in [3.8, 4) is 0 Å². The first-order valence-electron chi connectivity index (χ1n) is 4.78. The van der Waals surface area contributed by atoms with E-state index in [0.717, 1.165) is 0 Å². The fraction of sp³-hybridized carbons (Fsp3) is 0.333. The Morgan fingerprint density at radius 2 is 2.21 bits per heavy atom. The van der Waals surface area contributed by atoms with Gasteiger partial charge in [-0.25, -0.2) is 0 Å². The zero-order chi connectivity index (χ0) is 9.97. The second kappa shape index (κ2) is 4.37. The Labute approximate surface area is 93.3 Å². The van der Waals surface area contributed by atoms with Crippen LogP contribution in [0.4, 0.5) is 0 Å². The number of fused-ring (bicyclic) bond motifs is 1. The molecule has 0 spiro atoms. The van der Waals surface area contributed by atoms with Crippen molar-refractivity contribution in [3.63, 3.8) is 0 Å². The quantitative estimate of drug-likeness (QED) is 0.750. The van der Waals surface area contributed by atoms with E-state index < -0.39 is 0 Å². The summed E-state index contributed by atoms with van der Waals surface area (Å²) in [5.41, 5.74) is 1.46. The first-order chi connectivity index (χ1) is 6.79. The summed E-state index contributed by atoms with van der Waals surface area (Å²) in [6.45, 7) is 2.28. The third-order valence-electron chi connectivity index (χ3n) is 2.44. The average molecular weight is 222 g/mol. The van der Waals surface area contributed by atoms with Crippen molar-refractivity contribution < 1.29 is 0 Å². The standard InChI is InChI=1S/C12H14S2/c1-9(13-2)7-10-3-4-12-11(8-10)5-6-14-12/h3-6,8-9H,7H2,1-2H3/t9-/m0/s1. The van der Waals surface area contributed by atoms with Crippen molar-refractivity contribution in [2.24, 2.45) is 0 Å². The molecule has 1 atom stereocenters. The highest BCUT2D eigenvalue weighted by Gasteiger charge is 2.02. The van der Waals surface area contributed by atoms with E-state index in [1.165, 1.54) is 22.1 Å². The molecule has 0 nitrogen and oxygen atoms in total. The Kier molecular flexibility index (Phi) is 3.14. The Hall–Kier alpha value is -0.470. The molecule has 0 aliphatic rings. The highest BCUT2D eigenvalue weighted by atomic mass is 32.2. The molecular weight excluding hydrogens is 208 g/mol. The van der Waals surface area contributed by atoms with Crippen molar-refractivity contribution in [2.45, 2.75) is 18.6 Å². The van der Waals surface area contributed by atoms with Gasteiger partial charge in [0.05, 0.1) is 0 Å². The summed E-state index contributed by atoms with van der Waals surface area (Å²) in [5, 5.41) is 4.26. The molecule has 1 aromatic carbocycles. The van der Waals surface area contributed by atoms with Gasteiger partial charge in [0.15, 0.2) is 0 Å². The Balaban J connectivity index is 2.25. The van der Waals surface area contributed by atoms with Crippen LogP contribution in [-0.4, -0.2) is 11.5 Å². The van der Waals surface area contributed by atoms with Gasteiger partial charge in [-0.15, -0.1) is 11.3 Å². The van der Waals surface area contributed by atoms with Gasteiger partial charge in [0.25, 0.3) is 0 Å². The molecule has 0 saturated carbocycles. The maximum Gasteiger partial charge on any atom is 0.0342 e. The summed E-state index contributed by atoms with van der Waals surface area (Å²) in [4.78, 5) is 0. The molecule has 74 valence electrons. The summed E-state index contributed by atoms with van der Waals surface area (Å²) < 4.78 is 1.39. The summed E-state index contributed by atoms with van der Waals surface area (Å²) in [5.74, 6) is 0. The third kappa shape index (κ3) is 2.12. The predicted molar refractivity (Wildman–Crippen MR) is 68.5 cm³/mol. The molecule has 1 heterocycles. The van der Waals surface area contributed by atoms with Crippen LogP contribution < -0.4 is 0 Å². The lowest BCUT2D eigenvalue weighted by atomic mass is 10.1. The predicted octanol–water partition coefficient (Wildman–Crippen LogP) is 4.20. The molecule has 0 amide bonds. The van der Waals surface area contributed by atoms with Crippen LogP contribution in [-0.2, 0) is 6.42 Å². The summed E-state index contributed by atoms with van der Waals surface area (Å²) in [6, 6.07) is 9.01. The SMILES string of the molecule is CS[C@@H](C)Cc1ccc2sccc2c1. The van der Waals surface area contributed by atoms with Crippen LogP contribution in [0, 0.1) is 0 Å². The monoisotopic (exact) mass is 222 g/mol. The molecular formula is C12H14S2. The van der Waals surface area contributed by atoms with Gasteiger partial charge in [0.2, 0.25) is 0 Å². The lowest BCUT2D eigenvalue weighted by Crippen LogP contribution is -1.99. The normalized spacial score (nSPS) is 13.3. The van der Waals surface area contributed by atoms with Gasteiger partial charge in [-0.1, -0.05) is 19.1 Å². The molecule has 14 heavy (non-hydrogen) atoms. The minimum absolute atomic E-state index is 0.714. The van der Waals surface area contributed by atoms with Crippen molar-refractivity contribution in [2.75, 3.05) is 6.26 Å². The van der Waals surface area contributed by atoms with Gasteiger partial charge >= 0.3 is 0 Å². The number of thiophene rings is 1. The van der Waals surface area contributed by atoms with E-state index >= 15 is 0 Å². The molecule has 0 unspecified atom stereocenters. The molecule has 2 heteroatoms. The Morgan fingerprint density at radius 1 is 1.36 bits per heavy atom. The van der Waals surface area contributed by atoms with Crippen LogP contribution in [0.5, 0.6) is 0 Å². The van der Waals surface area contributed by atoms with Crippen LogP contribution in [0.25, 0.3) is 10.1 Å². The first kappa shape index (κ1) is 10.1. The molecule has 1 aromatic heterocycles. The van der Waals surface area contributed by atoms with E-state index in [4.69, 9.17) is 0 Å². The minimum Gasteiger partial charge on any atom is -0.162 e. The van der Waals surface area contributed by atoms with Crippen molar-refractivity contribution in [3.05, 3.63) is 35.2 Å². The smallest absolute Gasteiger partial charge is 0.0342 e. The fourth-order valence-corrected chi connectivity index (χ4v) is 2.69. The van der Waals surface area contributed by atoms with E-state index in [9.17, 15) is 0 Å². The second-order valence-corrected chi connectivity index (χ2v) is 5.77. The fourth-order valence-electron chi connectivity index (χ4n) is 1.56. The number of benzene rings is 1. The highest BCUT2D eigenvalue weighted by molar-refractivity contribution is 7.99. The molecule has 2 aromatic rings. The number of hydrogen-bond acceptors (Lipinski definition) is 2. The zero-order valence-electron chi connectivity index (χ0n) is 8.49. The van der Waals surface area contributed by atoms with Crippen LogP contribution >= 0.6 is 23.1 Å². The molecule has 0 saturated heterocycles. The number of rotatable bonds is 3. The molecule has 2 rings (SSSR count). The largest absolute Gasteiger partial charge is 0.162 e. The van der Waals surface area contributed by atoms with Crippen LogP contribution in [0.15, 0.2) is 29.6 Å². The average Bonchev–Trinajstić information content (AvgIpc) is 2.64. The van der Waals surface area contributed by atoms with Crippen LogP contribution in [0.2, 0.25) is 0 Å². The lowest BCUT2D eigenvalue weighted by Gasteiger charge is -2.07. The lowest BCUT2D eigenvalue weighted by molar-refractivity contribution is 0.948. The van der Waals surface area contributed by atoms with E-state index in [2.05, 4.69) is 42.8 Å². The summed E-state index contributed by atoms with van der Waals surface area (Å²) >= 11 is 3.75. The van der Waals surface area contributed by atoms with E-state index in [-0.39, 0.29) is 0 Å². The minimum atomic E-state index is 0.714. The van der Waals surface area contributed by atoms with Gasteiger partial charge in [0.1, 0.15) is 0 Å². The molecule has 0 aliphatic carbocycles. The maximum absolute atomic E-state index is 2.32. The van der Waals surface area contributed by atoms with Gasteiger partial charge in [-0.3, -0.25) is 0 Å². The molecule has 0 N–H and O–H groups in total. The van der Waals surface area contributed by atoms with Crippen molar-refractivity contribution >= 4 is 33.2 Å². The molecule has 0 radical (unpaired) electrons. The van der Waals surface area contributed by atoms with Gasteiger partial charge in [-0.2, -0.15) is 11.8 Å². The van der Waals surface area contributed by atoms with Crippen LogP contribution in [0.1, 0.15) is 12.5 Å². The number of hydrogen-bond donors (Lipinski definition) is 0. The molecule has 0 bridgehead atoms. The number of thioether (sulfide) groups is 1. The zero-order valence-corrected chi connectivity index (χ0v) is 10.1. The van der Waals surface area contributed by atoms with Gasteiger partial charge in [0, 0.05) is 9.95 Å². The molecule has 0 fully saturated rings. The highest BCUT2D eigenvalue weighted by Crippen LogP contribution is 2.23. The van der Waals surface area contributed by atoms with Gasteiger partial charge in [-0.05, 0) is 41.1 Å². The van der Waals surface area contributed by atoms with E-state index in [0.29, 0.717) is 5.25 Å². The Bertz CT molecular complexity index is 417. The van der Waals surface area contributed by atoms with Crippen molar-refractivity contribution in [1.82, 2.24) is 0 Å². The maximum atomic E-state index is 2.32. The third-order valence-corrected chi connectivity index (χ3v) is 4.31. The Morgan fingerprint density at radius 3 is 3.00 bits per heavy atom. The topological polar surface area (TPSA) is 0 Å².